The predicted octanol–water partition coefficient (Wildman–Crippen LogP) is 2.86. The van der Waals surface area contributed by atoms with Gasteiger partial charge in [-0.05, 0) is 30.7 Å². The van der Waals surface area contributed by atoms with Gasteiger partial charge in [0.1, 0.15) is 4.83 Å². The van der Waals surface area contributed by atoms with Crippen molar-refractivity contribution in [2.24, 2.45) is 7.05 Å². The van der Waals surface area contributed by atoms with Crippen LogP contribution in [0.1, 0.15) is 16.1 Å². The lowest BCUT2D eigenvalue weighted by Gasteiger charge is -2.26. The Morgan fingerprint density at radius 1 is 1.29 bits per heavy atom. The number of thiophene rings is 1. The first-order chi connectivity index (χ1) is 13.7. The molecule has 2 atom stereocenters. The third-order valence-corrected chi connectivity index (χ3v) is 6.42. The van der Waals surface area contributed by atoms with Gasteiger partial charge in [0.05, 0.1) is 29.3 Å². The maximum absolute atomic E-state index is 12.9. The molecule has 0 N–H and O–H groups in total. The summed E-state index contributed by atoms with van der Waals surface area (Å²) in [5.74, 6) is 0.0961. The van der Waals surface area contributed by atoms with Crippen LogP contribution >= 0.6 is 11.3 Å². The molecule has 1 saturated heterocycles. The molecule has 5 heterocycles. The number of rotatable bonds is 2. The van der Waals surface area contributed by atoms with Crippen molar-refractivity contribution in [2.45, 2.75) is 18.6 Å². The monoisotopic (exact) mass is 391 g/mol. The van der Waals surface area contributed by atoms with Crippen molar-refractivity contribution in [3.63, 3.8) is 0 Å². The van der Waals surface area contributed by atoms with E-state index >= 15 is 0 Å². The molecule has 7 nitrogen and oxygen atoms in total. The van der Waals surface area contributed by atoms with Gasteiger partial charge in [-0.25, -0.2) is 9.97 Å². The van der Waals surface area contributed by atoms with Gasteiger partial charge < -0.3 is 9.64 Å². The number of pyridine rings is 2. The molecule has 140 valence electrons. The van der Waals surface area contributed by atoms with Crippen molar-refractivity contribution >= 4 is 38.5 Å². The highest BCUT2D eigenvalue weighted by Gasteiger charge is 2.48. The lowest BCUT2D eigenvalue weighted by molar-refractivity contribution is 0.0265. The third kappa shape index (κ3) is 2.52. The summed E-state index contributed by atoms with van der Waals surface area (Å²) in [5.41, 5.74) is 2.51. The lowest BCUT2D eigenvalue weighted by Crippen LogP contribution is -2.40. The number of aromatic nitrogens is 4. The fraction of sp³-hybridized carbons (Fsp3) is 0.300. The van der Waals surface area contributed by atoms with Crippen LogP contribution in [0.4, 0.5) is 0 Å². The van der Waals surface area contributed by atoms with Crippen LogP contribution in [0.5, 0.6) is 0 Å². The van der Waals surface area contributed by atoms with Crippen LogP contribution < -0.4 is 0 Å². The number of carbonyl (C=O) groups is 1. The molecule has 4 aromatic rings. The average Bonchev–Trinajstić information content (AvgIpc) is 3.22. The molecular weight excluding hydrogens is 374 g/mol. The van der Waals surface area contributed by atoms with Gasteiger partial charge in [-0.1, -0.05) is 0 Å². The topological polar surface area (TPSA) is 73.1 Å². The molecule has 6 rings (SSSR count). The van der Waals surface area contributed by atoms with Crippen LogP contribution in [0, 0.1) is 0 Å². The van der Waals surface area contributed by atoms with E-state index in [1.54, 1.807) is 10.9 Å². The van der Waals surface area contributed by atoms with Crippen LogP contribution in [-0.4, -0.2) is 55.9 Å². The standard InChI is InChI=1S/C20H17N5O2S/c1-24-10-13-6-12(9-21-18(13)23-24)14-3-2-11-7-17(28-19(11)22-14)20(26)25-4-5-27-16-8-15(16)25/h2-3,6-7,9-10,15-16H,4-5,8H2,1H3/t15-,16+/m1/s1. The van der Waals surface area contributed by atoms with E-state index in [-0.39, 0.29) is 18.1 Å². The Kier molecular flexibility index (Phi) is 3.36. The number of nitrogens with zero attached hydrogens (tertiary/aromatic N) is 5. The fourth-order valence-corrected chi connectivity index (χ4v) is 4.87. The quantitative estimate of drug-likeness (QED) is 0.525. The van der Waals surface area contributed by atoms with Gasteiger partial charge in [-0.15, -0.1) is 11.3 Å². The number of hydrogen-bond acceptors (Lipinski definition) is 6. The number of fused-ring (bicyclic) bond motifs is 3. The SMILES string of the molecule is Cn1cc2cc(-c3ccc4cc(C(=O)N5CCO[C@H]6C[C@H]65)sc4n3)cnc2n1. The van der Waals surface area contributed by atoms with Crippen LogP contribution in [0.15, 0.2) is 36.7 Å². The van der Waals surface area contributed by atoms with Gasteiger partial charge in [-0.2, -0.15) is 5.10 Å². The molecule has 2 fully saturated rings. The van der Waals surface area contributed by atoms with E-state index in [0.717, 1.165) is 43.8 Å². The molecule has 0 bridgehead atoms. The van der Waals surface area contributed by atoms with E-state index in [4.69, 9.17) is 9.72 Å². The van der Waals surface area contributed by atoms with Crippen molar-refractivity contribution < 1.29 is 9.53 Å². The Morgan fingerprint density at radius 2 is 2.21 bits per heavy atom. The zero-order chi connectivity index (χ0) is 18.8. The Labute approximate surface area is 164 Å². The maximum Gasteiger partial charge on any atom is 0.264 e. The number of hydrogen-bond donors (Lipinski definition) is 0. The molecule has 28 heavy (non-hydrogen) atoms. The van der Waals surface area contributed by atoms with Gasteiger partial charge in [-0.3, -0.25) is 9.48 Å². The zero-order valence-electron chi connectivity index (χ0n) is 15.2. The minimum absolute atomic E-state index is 0.0961. The summed E-state index contributed by atoms with van der Waals surface area (Å²) in [6.07, 6.45) is 4.94. The normalized spacial score (nSPS) is 21.2. The lowest BCUT2D eigenvalue weighted by atomic mass is 10.1. The van der Waals surface area contributed by atoms with Crippen LogP contribution in [0.2, 0.25) is 0 Å². The first-order valence-electron chi connectivity index (χ1n) is 9.29. The Hall–Kier alpha value is -2.84. The Balaban J connectivity index is 1.35. The highest BCUT2D eigenvalue weighted by atomic mass is 32.1. The summed E-state index contributed by atoms with van der Waals surface area (Å²) < 4.78 is 7.36. The number of morpholine rings is 1. The van der Waals surface area contributed by atoms with Crippen molar-refractivity contribution in [3.05, 3.63) is 41.5 Å². The molecule has 1 aliphatic heterocycles. The molecule has 0 spiro atoms. The van der Waals surface area contributed by atoms with E-state index in [1.165, 1.54) is 11.3 Å². The van der Waals surface area contributed by atoms with E-state index in [1.807, 2.05) is 42.4 Å². The Morgan fingerprint density at radius 3 is 3.14 bits per heavy atom. The molecule has 8 heteroatoms. The number of amides is 1. The molecule has 1 saturated carbocycles. The third-order valence-electron chi connectivity index (χ3n) is 5.39. The highest BCUT2D eigenvalue weighted by molar-refractivity contribution is 7.20. The minimum atomic E-state index is 0.0961. The van der Waals surface area contributed by atoms with Crippen LogP contribution in [0.25, 0.3) is 32.5 Å². The van der Waals surface area contributed by atoms with Gasteiger partial charge in [0.2, 0.25) is 0 Å². The second kappa shape index (κ2) is 5.83. The first-order valence-corrected chi connectivity index (χ1v) is 10.1. The zero-order valence-corrected chi connectivity index (χ0v) is 16.0. The largest absolute Gasteiger partial charge is 0.374 e. The summed E-state index contributed by atoms with van der Waals surface area (Å²) in [6.45, 7) is 1.30. The molecule has 4 aromatic heterocycles. The average molecular weight is 391 g/mol. The highest BCUT2D eigenvalue weighted by Crippen LogP contribution is 2.37. The van der Waals surface area contributed by atoms with Crippen molar-refractivity contribution in [2.75, 3.05) is 13.2 Å². The maximum atomic E-state index is 12.9. The van der Waals surface area contributed by atoms with Gasteiger partial charge >= 0.3 is 0 Å². The van der Waals surface area contributed by atoms with E-state index in [9.17, 15) is 4.79 Å². The van der Waals surface area contributed by atoms with Crippen LogP contribution in [-0.2, 0) is 11.8 Å². The second-order valence-corrected chi connectivity index (χ2v) is 8.38. The van der Waals surface area contributed by atoms with Crippen molar-refractivity contribution in [1.29, 1.82) is 0 Å². The Bertz CT molecular complexity index is 1250. The van der Waals surface area contributed by atoms with Crippen molar-refractivity contribution in [3.8, 4) is 11.3 Å². The molecule has 1 aliphatic carbocycles. The molecule has 0 aromatic carbocycles. The van der Waals surface area contributed by atoms with E-state index < -0.39 is 0 Å². The number of carbonyl (C=O) groups excluding carboxylic acids is 1. The fourth-order valence-electron chi connectivity index (χ4n) is 3.89. The molecule has 0 radical (unpaired) electrons. The molecular formula is C20H17N5O2S. The van der Waals surface area contributed by atoms with Crippen LogP contribution in [0.3, 0.4) is 0 Å². The second-order valence-electron chi connectivity index (χ2n) is 7.35. The predicted molar refractivity (Wildman–Crippen MR) is 106 cm³/mol. The summed E-state index contributed by atoms with van der Waals surface area (Å²) in [5, 5.41) is 6.29. The van der Waals surface area contributed by atoms with Gasteiger partial charge in [0.25, 0.3) is 5.91 Å². The smallest absolute Gasteiger partial charge is 0.264 e. The summed E-state index contributed by atoms with van der Waals surface area (Å²) in [6, 6.07) is 8.26. The number of aryl methyl sites for hydroxylation is 1. The van der Waals surface area contributed by atoms with E-state index in [0.29, 0.717) is 13.2 Å². The summed E-state index contributed by atoms with van der Waals surface area (Å²) >= 11 is 1.46. The molecule has 2 aliphatic rings. The van der Waals surface area contributed by atoms with Crippen molar-refractivity contribution in [1.82, 2.24) is 24.6 Å². The molecule has 0 unspecified atom stereocenters. The minimum Gasteiger partial charge on any atom is -0.374 e. The van der Waals surface area contributed by atoms with E-state index in [2.05, 4.69) is 10.1 Å². The number of ether oxygens (including phenoxy) is 1. The molecule has 1 amide bonds. The van der Waals surface area contributed by atoms with Gasteiger partial charge in [0, 0.05) is 42.3 Å². The van der Waals surface area contributed by atoms with Gasteiger partial charge in [0.15, 0.2) is 5.65 Å². The summed E-state index contributed by atoms with van der Waals surface area (Å²) in [7, 11) is 1.88. The summed E-state index contributed by atoms with van der Waals surface area (Å²) in [4.78, 5) is 25.7. The first kappa shape index (κ1) is 16.1.